The summed E-state index contributed by atoms with van der Waals surface area (Å²) in [5.74, 6) is 0.792. The summed E-state index contributed by atoms with van der Waals surface area (Å²) in [6.07, 6.45) is 0. The Balaban J connectivity index is 1.42. The maximum Gasteiger partial charge on any atom is 0.236 e. The number of aromatic nitrogens is 4. The Hall–Kier alpha value is -2.59. The van der Waals surface area contributed by atoms with Crippen molar-refractivity contribution < 1.29 is 4.79 Å². The number of nitrogens with one attached hydrogen (secondary N) is 1. The van der Waals surface area contributed by atoms with Gasteiger partial charge in [-0.25, -0.2) is 4.98 Å². The van der Waals surface area contributed by atoms with E-state index in [0.717, 1.165) is 22.6 Å². The van der Waals surface area contributed by atoms with Crippen LogP contribution in [0.5, 0.6) is 0 Å². The fourth-order valence-electron chi connectivity index (χ4n) is 3.25. The third kappa shape index (κ3) is 5.55. The van der Waals surface area contributed by atoms with Crippen LogP contribution in [0.4, 0.5) is 10.8 Å². The Labute approximate surface area is 216 Å². The predicted molar refractivity (Wildman–Crippen MR) is 142 cm³/mol. The van der Waals surface area contributed by atoms with E-state index in [0.29, 0.717) is 32.6 Å². The van der Waals surface area contributed by atoms with Gasteiger partial charge in [0.05, 0.1) is 16.5 Å². The normalized spacial score (nSPS) is 11.0. The average molecular weight is 534 g/mol. The Morgan fingerprint density at radius 1 is 1.18 bits per heavy atom. The lowest BCUT2D eigenvalue weighted by atomic mass is 10.2. The van der Waals surface area contributed by atoms with E-state index in [9.17, 15) is 4.79 Å². The number of carbonyl (C=O) groups excluding carboxylic acids is 1. The van der Waals surface area contributed by atoms with Gasteiger partial charge in [0.2, 0.25) is 5.91 Å². The zero-order valence-corrected chi connectivity index (χ0v) is 21.9. The minimum absolute atomic E-state index is 0.171. The molecule has 2 aromatic carbocycles. The molecule has 0 saturated carbocycles. The number of rotatable bonds is 8. The van der Waals surface area contributed by atoms with Gasteiger partial charge in [-0.15, -0.1) is 21.5 Å². The van der Waals surface area contributed by atoms with Crippen molar-refractivity contribution in [3.8, 4) is 22.6 Å². The Kier molecular flexibility index (Phi) is 7.77. The lowest BCUT2D eigenvalue weighted by Gasteiger charge is -2.14. The van der Waals surface area contributed by atoms with E-state index in [4.69, 9.17) is 23.2 Å². The third-order valence-corrected chi connectivity index (χ3v) is 7.22. The van der Waals surface area contributed by atoms with E-state index < -0.39 is 0 Å². The second-order valence-electron chi connectivity index (χ2n) is 7.49. The zero-order valence-electron chi connectivity index (χ0n) is 18.7. The van der Waals surface area contributed by atoms with Crippen LogP contribution >= 0.6 is 46.3 Å². The zero-order chi connectivity index (χ0) is 24.2. The van der Waals surface area contributed by atoms with Crippen LogP contribution < -0.4 is 10.2 Å². The number of carbonyl (C=O) groups is 1. The summed E-state index contributed by atoms with van der Waals surface area (Å²) in [7, 11) is 4.00. The summed E-state index contributed by atoms with van der Waals surface area (Å²) in [4.78, 5) is 19.1. The molecule has 0 aliphatic carbocycles. The molecular formula is C23H22Cl2N6OS2. The van der Waals surface area contributed by atoms with Crippen LogP contribution in [0.2, 0.25) is 10.0 Å². The molecule has 7 nitrogen and oxygen atoms in total. The molecule has 0 atom stereocenters. The molecule has 34 heavy (non-hydrogen) atoms. The van der Waals surface area contributed by atoms with E-state index in [1.807, 2.05) is 60.1 Å². The highest BCUT2D eigenvalue weighted by Gasteiger charge is 2.16. The van der Waals surface area contributed by atoms with E-state index in [-0.39, 0.29) is 11.7 Å². The molecule has 2 heterocycles. The number of halogens is 2. The van der Waals surface area contributed by atoms with Crippen LogP contribution in [-0.2, 0) is 11.3 Å². The van der Waals surface area contributed by atoms with Gasteiger partial charge in [-0.05, 0) is 37.3 Å². The Bertz CT molecular complexity index is 1320. The number of nitrogens with zero attached hydrogens (tertiary/aromatic N) is 5. The molecule has 4 rings (SSSR count). The molecule has 0 radical (unpaired) electrons. The Morgan fingerprint density at radius 2 is 2.00 bits per heavy atom. The van der Waals surface area contributed by atoms with Crippen molar-refractivity contribution in [3.05, 3.63) is 57.9 Å². The summed E-state index contributed by atoms with van der Waals surface area (Å²) in [5, 5.41) is 15.7. The monoisotopic (exact) mass is 532 g/mol. The second-order valence-corrected chi connectivity index (χ2v) is 10.1. The minimum Gasteiger partial charge on any atom is -0.378 e. The van der Waals surface area contributed by atoms with Crippen LogP contribution in [0.15, 0.2) is 53.0 Å². The summed E-state index contributed by atoms with van der Waals surface area (Å²) in [6.45, 7) is 2.72. The summed E-state index contributed by atoms with van der Waals surface area (Å²) < 4.78 is 2.01. The molecule has 2 aromatic heterocycles. The maximum absolute atomic E-state index is 12.6. The van der Waals surface area contributed by atoms with Gasteiger partial charge in [0, 0.05) is 47.9 Å². The van der Waals surface area contributed by atoms with Crippen LogP contribution in [0.1, 0.15) is 6.92 Å². The highest BCUT2D eigenvalue weighted by molar-refractivity contribution is 7.99. The Morgan fingerprint density at radius 3 is 2.74 bits per heavy atom. The van der Waals surface area contributed by atoms with Gasteiger partial charge in [0.15, 0.2) is 16.1 Å². The van der Waals surface area contributed by atoms with Gasteiger partial charge in [-0.2, -0.15) is 0 Å². The molecule has 0 aliphatic heterocycles. The first kappa shape index (κ1) is 24.5. The molecule has 176 valence electrons. The number of thiazole rings is 1. The lowest BCUT2D eigenvalue weighted by molar-refractivity contribution is -0.113. The molecule has 0 bridgehead atoms. The van der Waals surface area contributed by atoms with Crippen molar-refractivity contribution in [2.45, 2.75) is 18.6 Å². The van der Waals surface area contributed by atoms with Crippen LogP contribution in [0, 0.1) is 0 Å². The molecule has 0 aliphatic rings. The maximum atomic E-state index is 12.6. The number of benzene rings is 2. The number of anilines is 2. The van der Waals surface area contributed by atoms with Gasteiger partial charge >= 0.3 is 0 Å². The number of hydrogen-bond acceptors (Lipinski definition) is 7. The first-order chi connectivity index (χ1) is 16.4. The molecule has 11 heteroatoms. The van der Waals surface area contributed by atoms with Crippen LogP contribution in [0.3, 0.4) is 0 Å². The highest BCUT2D eigenvalue weighted by Crippen LogP contribution is 2.32. The second kappa shape index (κ2) is 10.8. The predicted octanol–water partition coefficient (Wildman–Crippen LogP) is 6.19. The highest BCUT2D eigenvalue weighted by atomic mass is 35.5. The van der Waals surface area contributed by atoms with Crippen LogP contribution in [-0.4, -0.2) is 45.5 Å². The van der Waals surface area contributed by atoms with E-state index in [1.54, 1.807) is 12.1 Å². The summed E-state index contributed by atoms with van der Waals surface area (Å²) >= 11 is 14.9. The van der Waals surface area contributed by atoms with E-state index in [1.165, 1.54) is 23.1 Å². The average Bonchev–Trinajstić information content (AvgIpc) is 3.44. The first-order valence-corrected chi connectivity index (χ1v) is 13.0. The smallest absolute Gasteiger partial charge is 0.236 e. The van der Waals surface area contributed by atoms with Gasteiger partial charge in [-0.3, -0.25) is 4.79 Å². The molecule has 1 N–H and O–H groups in total. The van der Waals surface area contributed by atoms with Crippen molar-refractivity contribution in [2.24, 2.45) is 0 Å². The van der Waals surface area contributed by atoms with E-state index in [2.05, 4.69) is 26.6 Å². The van der Waals surface area contributed by atoms with Crippen molar-refractivity contribution in [1.82, 2.24) is 19.7 Å². The molecule has 4 aromatic rings. The fraction of sp³-hybridized carbons (Fsp3) is 0.217. The van der Waals surface area contributed by atoms with Crippen molar-refractivity contribution >= 4 is 63.0 Å². The van der Waals surface area contributed by atoms with E-state index >= 15 is 0 Å². The summed E-state index contributed by atoms with van der Waals surface area (Å²) in [5.41, 5.74) is 3.51. The third-order valence-electron chi connectivity index (χ3n) is 4.94. The first-order valence-electron chi connectivity index (χ1n) is 10.4. The van der Waals surface area contributed by atoms with Gasteiger partial charge in [-0.1, -0.05) is 47.1 Å². The lowest BCUT2D eigenvalue weighted by Crippen LogP contribution is -2.14. The van der Waals surface area contributed by atoms with Gasteiger partial charge < -0.3 is 14.8 Å². The summed E-state index contributed by atoms with van der Waals surface area (Å²) in [6, 6.07) is 13.4. The van der Waals surface area contributed by atoms with Gasteiger partial charge in [0.1, 0.15) is 0 Å². The largest absolute Gasteiger partial charge is 0.378 e. The van der Waals surface area contributed by atoms with Crippen molar-refractivity contribution in [3.63, 3.8) is 0 Å². The van der Waals surface area contributed by atoms with Gasteiger partial charge in [0.25, 0.3) is 0 Å². The quantitative estimate of drug-likeness (QED) is 0.272. The van der Waals surface area contributed by atoms with Crippen LogP contribution in [0.25, 0.3) is 22.6 Å². The SMILES string of the molecule is CCn1c(SCC(=O)Nc2nc(-c3ccc(Cl)cc3Cl)cs2)nnc1-c1cccc(N(C)C)c1. The minimum atomic E-state index is -0.171. The van der Waals surface area contributed by atoms with Crippen molar-refractivity contribution in [1.29, 1.82) is 0 Å². The molecule has 0 fully saturated rings. The molecule has 0 unspecified atom stereocenters. The fourth-order valence-corrected chi connectivity index (χ4v) is 5.29. The molecule has 0 saturated heterocycles. The van der Waals surface area contributed by atoms with Crippen molar-refractivity contribution in [2.75, 3.05) is 30.1 Å². The number of hydrogen-bond donors (Lipinski definition) is 1. The standard InChI is InChI=1S/C23H22Cl2N6OS2/c1-4-31-21(14-6-5-7-16(10-14)30(2)3)28-29-23(31)34-13-20(32)27-22-26-19(12-33-22)17-9-8-15(24)11-18(17)25/h5-12H,4,13H2,1-3H3,(H,26,27,32). The molecule has 1 amide bonds. The topological polar surface area (TPSA) is 75.9 Å². The number of thioether (sulfide) groups is 1. The number of amides is 1. The molecular weight excluding hydrogens is 511 g/mol. The molecule has 0 spiro atoms.